The number of hydrogen-bond donors (Lipinski definition) is 0. The number of esters is 4. The van der Waals surface area contributed by atoms with Crippen LogP contribution in [-0.2, 0) is 38.1 Å². The minimum absolute atomic E-state index is 0.0388. The first-order valence-corrected chi connectivity index (χ1v) is 16.1. The van der Waals surface area contributed by atoms with Crippen LogP contribution in [0.4, 0.5) is 0 Å². The molecule has 12 nitrogen and oxygen atoms in total. The molecule has 0 spiro atoms. The molecule has 2 aromatic rings. The Morgan fingerprint density at radius 3 is 2.30 bits per heavy atom. The van der Waals surface area contributed by atoms with E-state index in [2.05, 4.69) is 4.98 Å². The molecule has 0 N–H and O–H groups in total. The SMILES string of the molecule is CCCC(=O)OC[C@@]1(C)C2C[C@H](OC(C)=O)[C@@]3(C)Oc4cc(-c5cccnc5)oc(=O)c4[C@H](OC(C)=O)C3[C@@]2(C)CC[C@@H]1OC(C)=O. The first-order chi connectivity index (χ1) is 22.1. The second kappa shape index (κ2) is 12.8. The van der Waals surface area contributed by atoms with Gasteiger partial charge in [0.1, 0.15) is 42.0 Å². The van der Waals surface area contributed by atoms with E-state index >= 15 is 0 Å². The van der Waals surface area contributed by atoms with Gasteiger partial charge in [-0.2, -0.15) is 0 Å². The van der Waals surface area contributed by atoms with Gasteiger partial charge in [0.15, 0.2) is 5.60 Å². The number of pyridine rings is 1. The summed E-state index contributed by atoms with van der Waals surface area (Å²) in [6.07, 6.45) is 2.40. The largest absolute Gasteiger partial charge is 0.482 e. The van der Waals surface area contributed by atoms with Gasteiger partial charge in [0.2, 0.25) is 0 Å². The fraction of sp³-hybridized carbons (Fsp3) is 0.600. The van der Waals surface area contributed by atoms with Gasteiger partial charge >= 0.3 is 29.5 Å². The maximum absolute atomic E-state index is 13.8. The normalized spacial score (nSPS) is 32.4. The second-order valence-electron chi connectivity index (χ2n) is 13.7. The van der Waals surface area contributed by atoms with Gasteiger partial charge in [-0.1, -0.05) is 20.8 Å². The third kappa shape index (κ3) is 6.14. The van der Waals surface area contributed by atoms with Crippen LogP contribution in [0.5, 0.6) is 5.75 Å². The summed E-state index contributed by atoms with van der Waals surface area (Å²) in [6.45, 7) is 11.4. The van der Waals surface area contributed by atoms with Crippen molar-refractivity contribution in [2.75, 3.05) is 6.61 Å². The molecule has 5 rings (SSSR count). The number of carbonyl (C=O) groups is 4. The summed E-state index contributed by atoms with van der Waals surface area (Å²) in [7, 11) is 0. The molecule has 47 heavy (non-hydrogen) atoms. The van der Waals surface area contributed by atoms with Gasteiger partial charge in [0.25, 0.3) is 0 Å². The maximum Gasteiger partial charge on any atom is 0.347 e. The van der Waals surface area contributed by atoms with Gasteiger partial charge in [-0.15, -0.1) is 0 Å². The van der Waals surface area contributed by atoms with Crippen molar-refractivity contribution in [2.45, 2.75) is 104 Å². The Balaban J connectivity index is 1.71. The zero-order valence-electron chi connectivity index (χ0n) is 28.0. The number of fused-ring (bicyclic) bond motifs is 4. The molecule has 2 aliphatic carbocycles. The first-order valence-electron chi connectivity index (χ1n) is 16.1. The topological polar surface area (TPSA) is 158 Å². The first kappa shape index (κ1) is 34.1. The number of nitrogens with zero attached hydrogens (tertiary/aromatic N) is 1. The molecule has 8 atom stereocenters. The smallest absolute Gasteiger partial charge is 0.347 e. The number of rotatable bonds is 8. The van der Waals surface area contributed by atoms with E-state index in [1.54, 1.807) is 37.5 Å². The molecule has 2 unspecified atom stereocenters. The van der Waals surface area contributed by atoms with Crippen molar-refractivity contribution in [3.8, 4) is 17.1 Å². The Hall–Kier alpha value is -4.22. The Bertz CT molecular complexity index is 1600. The Kier molecular flexibility index (Phi) is 9.27. The van der Waals surface area contributed by atoms with Gasteiger partial charge in [0.05, 0.1) is 0 Å². The Labute approximate surface area is 273 Å². The van der Waals surface area contributed by atoms with Crippen molar-refractivity contribution in [3.63, 3.8) is 0 Å². The molecule has 0 bridgehead atoms. The van der Waals surface area contributed by atoms with Crippen LogP contribution in [0.2, 0.25) is 0 Å². The highest BCUT2D eigenvalue weighted by Gasteiger charge is 2.71. The van der Waals surface area contributed by atoms with Crippen LogP contribution in [-0.4, -0.2) is 53.3 Å². The molecule has 12 heteroatoms. The van der Waals surface area contributed by atoms with Crippen molar-refractivity contribution in [3.05, 3.63) is 46.6 Å². The van der Waals surface area contributed by atoms with Crippen LogP contribution in [0.1, 0.15) is 92.2 Å². The molecule has 2 saturated carbocycles. The van der Waals surface area contributed by atoms with Crippen LogP contribution in [0.25, 0.3) is 11.3 Å². The average molecular weight is 654 g/mol. The molecule has 1 aliphatic heterocycles. The van der Waals surface area contributed by atoms with Crippen LogP contribution < -0.4 is 10.4 Å². The molecule has 2 fully saturated rings. The lowest BCUT2D eigenvalue weighted by Gasteiger charge is -2.66. The Morgan fingerprint density at radius 2 is 1.68 bits per heavy atom. The third-order valence-corrected chi connectivity index (χ3v) is 10.4. The number of ether oxygens (including phenoxy) is 5. The van der Waals surface area contributed by atoms with Gasteiger partial charge in [-0.05, 0) is 56.1 Å². The van der Waals surface area contributed by atoms with E-state index in [4.69, 9.17) is 28.1 Å². The highest BCUT2D eigenvalue weighted by atomic mass is 16.6. The zero-order chi connectivity index (χ0) is 34.3. The zero-order valence-corrected chi connectivity index (χ0v) is 28.0. The van der Waals surface area contributed by atoms with E-state index in [9.17, 15) is 24.0 Å². The summed E-state index contributed by atoms with van der Waals surface area (Å²) in [5, 5.41) is 0. The summed E-state index contributed by atoms with van der Waals surface area (Å²) in [4.78, 5) is 68.3. The van der Waals surface area contributed by atoms with Crippen LogP contribution in [0.3, 0.4) is 0 Å². The van der Waals surface area contributed by atoms with Gasteiger partial charge in [0, 0.05) is 62.5 Å². The standard InChI is InChI=1S/C35H43NO11/c1-8-10-28(40)42-18-34(6)25-16-27(44-20(3)38)35(7)31(33(25,5)13-12-26(34)43-19(2)37)30(45-21(4)39)29-24(47-35)15-23(46-32(29)41)22-11-9-14-36-17-22/h9,11,14-15,17,25-27,30-31H,8,10,12-13,16,18H2,1-7H3/t25?,26-,27-,30-,31?,33-,34-,35+/m0/s1. The van der Waals surface area contributed by atoms with Gasteiger partial charge in [-0.25, -0.2) is 4.79 Å². The van der Waals surface area contributed by atoms with Crippen molar-refractivity contribution in [2.24, 2.45) is 22.7 Å². The lowest BCUT2D eigenvalue weighted by molar-refractivity contribution is -0.273. The lowest BCUT2D eigenvalue weighted by Crippen LogP contribution is -2.71. The van der Waals surface area contributed by atoms with E-state index in [-0.39, 0.29) is 42.5 Å². The van der Waals surface area contributed by atoms with Crippen molar-refractivity contribution >= 4 is 23.9 Å². The lowest BCUT2D eigenvalue weighted by atomic mass is 9.42. The van der Waals surface area contributed by atoms with Crippen LogP contribution >= 0.6 is 0 Å². The molecule has 3 heterocycles. The summed E-state index contributed by atoms with van der Waals surface area (Å²) in [5.74, 6) is -2.84. The molecule has 2 aromatic heterocycles. The van der Waals surface area contributed by atoms with Crippen LogP contribution in [0, 0.1) is 22.7 Å². The summed E-state index contributed by atoms with van der Waals surface area (Å²) in [6, 6.07) is 5.01. The number of aromatic nitrogens is 1. The van der Waals surface area contributed by atoms with E-state index < -0.39 is 70.1 Å². The predicted octanol–water partition coefficient (Wildman–Crippen LogP) is 5.11. The van der Waals surface area contributed by atoms with Gasteiger partial charge < -0.3 is 28.1 Å². The molecule has 0 radical (unpaired) electrons. The molecular formula is C35H43NO11. The monoisotopic (exact) mass is 653 g/mol. The summed E-state index contributed by atoms with van der Waals surface area (Å²) < 4.78 is 36.3. The second-order valence-corrected chi connectivity index (χ2v) is 13.7. The van der Waals surface area contributed by atoms with E-state index in [0.717, 1.165) is 0 Å². The average Bonchev–Trinajstić information content (AvgIpc) is 2.98. The fourth-order valence-electron chi connectivity index (χ4n) is 8.56. The quantitative estimate of drug-likeness (QED) is 0.274. The number of hydrogen-bond acceptors (Lipinski definition) is 12. The van der Waals surface area contributed by atoms with Crippen LogP contribution in [0.15, 0.2) is 39.8 Å². The number of carbonyl (C=O) groups excluding carboxylic acids is 4. The fourth-order valence-corrected chi connectivity index (χ4v) is 8.56. The van der Waals surface area contributed by atoms with Crippen molar-refractivity contribution in [1.82, 2.24) is 4.98 Å². The van der Waals surface area contributed by atoms with Crippen molar-refractivity contribution < 1.29 is 47.3 Å². The summed E-state index contributed by atoms with van der Waals surface area (Å²) >= 11 is 0. The minimum Gasteiger partial charge on any atom is -0.482 e. The third-order valence-electron chi connectivity index (χ3n) is 10.4. The van der Waals surface area contributed by atoms with E-state index in [1.165, 1.54) is 20.8 Å². The maximum atomic E-state index is 13.8. The molecule has 0 aromatic carbocycles. The molecule has 0 saturated heterocycles. The Morgan fingerprint density at radius 1 is 1.00 bits per heavy atom. The van der Waals surface area contributed by atoms with Gasteiger partial charge in [-0.3, -0.25) is 24.2 Å². The molecular weight excluding hydrogens is 610 g/mol. The highest BCUT2D eigenvalue weighted by molar-refractivity contribution is 5.69. The predicted molar refractivity (Wildman–Crippen MR) is 166 cm³/mol. The highest BCUT2D eigenvalue weighted by Crippen LogP contribution is 2.68. The molecule has 3 aliphatic rings. The van der Waals surface area contributed by atoms with E-state index in [1.807, 2.05) is 20.8 Å². The minimum atomic E-state index is -1.29. The molecule has 0 amide bonds. The van der Waals surface area contributed by atoms with E-state index in [0.29, 0.717) is 24.8 Å². The van der Waals surface area contributed by atoms with Crippen molar-refractivity contribution in [1.29, 1.82) is 0 Å². The summed E-state index contributed by atoms with van der Waals surface area (Å²) in [5.41, 5.74) is -3.18. The molecule has 254 valence electrons.